The highest BCUT2D eigenvalue weighted by Crippen LogP contribution is 2.27. The van der Waals surface area contributed by atoms with E-state index >= 15 is 0 Å². The summed E-state index contributed by atoms with van der Waals surface area (Å²) < 4.78 is 6.45. The molecule has 1 amide bonds. The summed E-state index contributed by atoms with van der Waals surface area (Å²) in [4.78, 5) is 30.6. The summed E-state index contributed by atoms with van der Waals surface area (Å²) in [6.45, 7) is 3.02. The van der Waals surface area contributed by atoms with Crippen LogP contribution in [0.5, 0.6) is 11.6 Å². The van der Waals surface area contributed by atoms with Gasteiger partial charge in [0, 0.05) is 32.3 Å². The van der Waals surface area contributed by atoms with E-state index in [0.717, 1.165) is 6.42 Å². The van der Waals surface area contributed by atoms with Crippen LogP contribution in [-0.2, 0) is 11.3 Å². The minimum absolute atomic E-state index is 0.0356. The van der Waals surface area contributed by atoms with Crippen molar-refractivity contribution in [3.05, 3.63) is 51.3 Å². The highest BCUT2D eigenvalue weighted by Gasteiger charge is 2.21. The lowest BCUT2D eigenvalue weighted by atomic mass is 10.1. The largest absolute Gasteiger partial charge is 0.494 e. The third-order valence-electron chi connectivity index (χ3n) is 5.25. The number of aliphatic imine (C=N–C) groups is 1. The molecule has 0 saturated carbocycles. The number of hydrogen-bond acceptors (Lipinski definition) is 6. The zero-order chi connectivity index (χ0) is 21.7. The first-order valence-corrected chi connectivity index (χ1v) is 9.79. The number of aromatic hydroxyl groups is 1. The quantitative estimate of drug-likeness (QED) is 0.708. The van der Waals surface area contributed by atoms with Gasteiger partial charge >= 0.3 is 0 Å². The molecule has 0 spiro atoms. The van der Waals surface area contributed by atoms with E-state index in [4.69, 9.17) is 4.74 Å². The molecule has 1 aromatic carbocycles. The van der Waals surface area contributed by atoms with E-state index in [1.54, 1.807) is 24.0 Å². The van der Waals surface area contributed by atoms with Gasteiger partial charge in [0.2, 0.25) is 11.8 Å². The number of carbonyl (C=O) groups is 1. The van der Waals surface area contributed by atoms with Crippen molar-refractivity contribution in [2.75, 3.05) is 20.2 Å². The minimum atomic E-state index is -0.547. The minimum Gasteiger partial charge on any atom is -0.494 e. The molecular formula is C22H24N4O4. The van der Waals surface area contributed by atoms with Crippen LogP contribution in [0.1, 0.15) is 36.0 Å². The summed E-state index contributed by atoms with van der Waals surface area (Å²) in [6.07, 6.45) is 3.33. The number of para-hydroxylation sites is 2. The van der Waals surface area contributed by atoms with Gasteiger partial charge < -0.3 is 14.7 Å². The van der Waals surface area contributed by atoms with Gasteiger partial charge in [-0.25, -0.2) is 0 Å². The zero-order valence-electron chi connectivity index (χ0n) is 17.1. The van der Waals surface area contributed by atoms with Crippen LogP contribution in [0.4, 0.5) is 5.69 Å². The number of nitriles is 1. The molecule has 1 saturated heterocycles. The third-order valence-corrected chi connectivity index (χ3v) is 5.25. The molecule has 0 atom stereocenters. The summed E-state index contributed by atoms with van der Waals surface area (Å²) in [5.41, 5.74) is 0.641. The zero-order valence-corrected chi connectivity index (χ0v) is 17.1. The lowest BCUT2D eigenvalue weighted by molar-refractivity contribution is -0.127. The second kappa shape index (κ2) is 9.27. The van der Waals surface area contributed by atoms with Gasteiger partial charge in [-0.1, -0.05) is 12.1 Å². The van der Waals surface area contributed by atoms with Gasteiger partial charge in [0.05, 0.1) is 12.7 Å². The lowest BCUT2D eigenvalue weighted by Crippen LogP contribution is -2.29. The molecule has 1 aliphatic heterocycles. The normalized spacial score (nSPS) is 13.8. The Morgan fingerprint density at radius 2 is 2.07 bits per heavy atom. The van der Waals surface area contributed by atoms with Crippen LogP contribution >= 0.6 is 0 Å². The third kappa shape index (κ3) is 4.20. The predicted octanol–water partition coefficient (Wildman–Crippen LogP) is 2.51. The maximum Gasteiger partial charge on any atom is 0.271 e. The number of carbonyl (C=O) groups excluding carboxylic acids is 1. The molecular weight excluding hydrogens is 384 g/mol. The second-order valence-corrected chi connectivity index (χ2v) is 7.07. The van der Waals surface area contributed by atoms with Crippen molar-refractivity contribution in [1.82, 2.24) is 9.47 Å². The predicted molar refractivity (Wildman–Crippen MR) is 112 cm³/mol. The molecule has 0 aliphatic carbocycles. The Hall–Kier alpha value is -3.60. The first kappa shape index (κ1) is 21.1. The number of methoxy groups -OCH3 is 1. The summed E-state index contributed by atoms with van der Waals surface area (Å²) in [5, 5.41) is 20.2. The number of ether oxygens (including phenoxy) is 1. The molecule has 3 rings (SSSR count). The van der Waals surface area contributed by atoms with E-state index in [0.29, 0.717) is 48.5 Å². The number of benzene rings is 1. The first-order valence-electron chi connectivity index (χ1n) is 9.79. The van der Waals surface area contributed by atoms with Crippen LogP contribution in [0.2, 0.25) is 0 Å². The number of likely N-dealkylation sites (tertiary alicyclic amines) is 1. The molecule has 1 aliphatic rings. The van der Waals surface area contributed by atoms with Crippen LogP contribution in [0.15, 0.2) is 34.1 Å². The van der Waals surface area contributed by atoms with Crippen molar-refractivity contribution in [2.24, 2.45) is 4.99 Å². The SMILES string of the molecule is COc1ccccc1N=Cc1c(C)c(C#N)c(=O)n(CCCN2CCCC2=O)c1O. The lowest BCUT2D eigenvalue weighted by Gasteiger charge is -2.17. The fraction of sp³-hybridized carbons (Fsp3) is 0.364. The Morgan fingerprint density at radius 1 is 1.30 bits per heavy atom. The van der Waals surface area contributed by atoms with Gasteiger partial charge in [-0.3, -0.25) is 19.1 Å². The Balaban J connectivity index is 1.92. The van der Waals surface area contributed by atoms with Crippen LogP contribution in [0.25, 0.3) is 0 Å². The van der Waals surface area contributed by atoms with Gasteiger partial charge in [-0.05, 0) is 37.5 Å². The topological polar surface area (TPSA) is 108 Å². The summed E-state index contributed by atoms with van der Waals surface area (Å²) in [5.74, 6) is 0.427. The highest BCUT2D eigenvalue weighted by atomic mass is 16.5. The van der Waals surface area contributed by atoms with Crippen LogP contribution in [0, 0.1) is 18.3 Å². The first-order chi connectivity index (χ1) is 14.5. The number of nitrogens with zero attached hydrogens (tertiary/aromatic N) is 4. The number of amides is 1. The fourth-order valence-electron chi connectivity index (χ4n) is 3.56. The van der Waals surface area contributed by atoms with Gasteiger partial charge in [0.25, 0.3) is 5.56 Å². The van der Waals surface area contributed by atoms with Crippen LogP contribution < -0.4 is 10.3 Å². The molecule has 8 heteroatoms. The second-order valence-electron chi connectivity index (χ2n) is 7.07. The molecule has 1 fully saturated rings. The molecule has 8 nitrogen and oxygen atoms in total. The summed E-state index contributed by atoms with van der Waals surface area (Å²) >= 11 is 0. The van der Waals surface area contributed by atoms with E-state index in [-0.39, 0.29) is 23.9 Å². The van der Waals surface area contributed by atoms with E-state index in [1.807, 2.05) is 18.2 Å². The number of aromatic nitrogens is 1. The van der Waals surface area contributed by atoms with Crippen molar-refractivity contribution >= 4 is 17.8 Å². The molecule has 0 bridgehead atoms. The average molecular weight is 408 g/mol. The van der Waals surface area contributed by atoms with E-state index in [2.05, 4.69) is 4.99 Å². The monoisotopic (exact) mass is 408 g/mol. The summed E-state index contributed by atoms with van der Waals surface area (Å²) in [7, 11) is 1.54. The van der Waals surface area contributed by atoms with Crippen molar-refractivity contribution in [3.8, 4) is 17.7 Å². The van der Waals surface area contributed by atoms with Gasteiger partial charge in [-0.15, -0.1) is 0 Å². The van der Waals surface area contributed by atoms with Crippen molar-refractivity contribution in [2.45, 2.75) is 32.7 Å². The van der Waals surface area contributed by atoms with Gasteiger partial charge in [-0.2, -0.15) is 5.26 Å². The Kier molecular flexibility index (Phi) is 6.52. The maximum atomic E-state index is 12.7. The fourth-order valence-corrected chi connectivity index (χ4v) is 3.56. The summed E-state index contributed by atoms with van der Waals surface area (Å²) in [6, 6.07) is 9.09. The number of hydrogen-bond donors (Lipinski definition) is 1. The molecule has 0 unspecified atom stereocenters. The maximum absolute atomic E-state index is 12.7. The van der Waals surface area contributed by atoms with Crippen LogP contribution in [-0.4, -0.2) is 46.9 Å². The Morgan fingerprint density at radius 3 is 2.73 bits per heavy atom. The smallest absolute Gasteiger partial charge is 0.271 e. The highest BCUT2D eigenvalue weighted by molar-refractivity contribution is 5.87. The molecule has 30 heavy (non-hydrogen) atoms. The molecule has 0 radical (unpaired) electrons. The number of pyridine rings is 1. The molecule has 2 aromatic rings. The average Bonchev–Trinajstić information content (AvgIpc) is 3.15. The van der Waals surface area contributed by atoms with E-state index in [9.17, 15) is 20.0 Å². The van der Waals surface area contributed by atoms with Crippen molar-refractivity contribution in [1.29, 1.82) is 5.26 Å². The molecule has 2 heterocycles. The molecule has 1 aromatic heterocycles. The van der Waals surface area contributed by atoms with Crippen molar-refractivity contribution < 1.29 is 14.6 Å². The Bertz CT molecular complexity index is 1080. The number of rotatable bonds is 7. The van der Waals surface area contributed by atoms with Crippen LogP contribution in [0.3, 0.4) is 0 Å². The molecule has 1 N–H and O–H groups in total. The standard InChI is InChI=1S/C22H24N4O4/c1-15-16(13-23)21(28)26(12-6-11-25-10-5-9-20(25)27)22(29)17(15)14-24-18-7-3-4-8-19(18)30-2/h3-4,7-8,14,29H,5-6,9-12H2,1-2H3. The van der Waals surface area contributed by atoms with E-state index < -0.39 is 5.56 Å². The van der Waals surface area contributed by atoms with Gasteiger partial charge in [0.15, 0.2) is 0 Å². The van der Waals surface area contributed by atoms with Crippen molar-refractivity contribution in [3.63, 3.8) is 0 Å². The Labute approximate surface area is 174 Å². The van der Waals surface area contributed by atoms with Gasteiger partial charge in [0.1, 0.15) is 23.1 Å². The van der Waals surface area contributed by atoms with E-state index in [1.165, 1.54) is 17.9 Å². The molecule has 156 valence electrons.